The molecule has 0 aromatic heterocycles. The lowest BCUT2D eigenvalue weighted by Gasteiger charge is -2.68. The Labute approximate surface area is 211 Å². The Bertz CT molecular complexity index is 1210. The van der Waals surface area contributed by atoms with E-state index in [-0.39, 0.29) is 18.4 Å². The van der Waals surface area contributed by atoms with Crippen molar-refractivity contribution >= 4 is 16.1 Å². The predicted molar refractivity (Wildman–Crippen MR) is 118 cm³/mol. The zero-order chi connectivity index (χ0) is 26.6. The number of aliphatic hydroxyl groups excluding tert-OH is 4. The number of benzene rings is 1. The monoisotopic (exact) mass is 544 g/mol. The number of ether oxygens (including phenoxy) is 5. The molecule has 8 rings (SSSR count). The van der Waals surface area contributed by atoms with Crippen LogP contribution in [0.2, 0.25) is 0 Å². The molecule has 3 aliphatic carbocycles. The fraction of sp³-hybridized carbons (Fsp3) is 0.696. The highest BCUT2D eigenvalue weighted by atomic mass is 32.2. The molecular formula is C23H28O13S. The number of esters is 1. The second-order valence-electron chi connectivity index (χ2n) is 10.6. The summed E-state index contributed by atoms with van der Waals surface area (Å²) in [6.07, 6.45) is -9.44. The normalized spacial score (nSPS) is 49.6. The molecule has 0 radical (unpaired) electrons. The molecule has 37 heavy (non-hydrogen) atoms. The number of rotatable bonds is 7. The van der Waals surface area contributed by atoms with Crippen LogP contribution in [0.5, 0.6) is 0 Å². The number of carbonyl (C=O) groups excluding carboxylic acids is 1. The van der Waals surface area contributed by atoms with Crippen molar-refractivity contribution in [2.75, 3.05) is 13.2 Å². The largest absolute Gasteiger partial charge is 0.461 e. The van der Waals surface area contributed by atoms with Crippen molar-refractivity contribution < 1.29 is 61.9 Å². The van der Waals surface area contributed by atoms with Gasteiger partial charge in [-0.3, -0.25) is 4.55 Å². The Morgan fingerprint density at radius 3 is 2.46 bits per heavy atom. The van der Waals surface area contributed by atoms with Gasteiger partial charge in [0.1, 0.15) is 42.2 Å². The molecule has 7 fully saturated rings. The lowest BCUT2D eigenvalue weighted by molar-refractivity contribution is -0.393. The molecule has 1 aromatic rings. The third kappa shape index (κ3) is 2.99. The Kier molecular flexibility index (Phi) is 5.46. The quantitative estimate of drug-likeness (QED) is 0.197. The fourth-order valence-corrected chi connectivity index (χ4v) is 8.49. The second-order valence-corrected chi connectivity index (χ2v) is 12.3. The van der Waals surface area contributed by atoms with Crippen molar-refractivity contribution in [2.45, 2.75) is 72.9 Å². The summed E-state index contributed by atoms with van der Waals surface area (Å²) in [5.74, 6) is -1.58. The SMILES string of the molecule is C[C@@]12C[C@@]3(S(=O)(=O)O)O[C@@H](O1)[C@]1(COC(=O)c4ccccc4)[C@H]3C[C@@]12O[C@@H]1O[C@H](CO)[C@@H](O)[C@H](O)[C@H]1O. The van der Waals surface area contributed by atoms with Gasteiger partial charge >= 0.3 is 5.97 Å². The van der Waals surface area contributed by atoms with Gasteiger partial charge < -0.3 is 44.1 Å². The molecule has 14 heteroatoms. The van der Waals surface area contributed by atoms with Crippen LogP contribution in [0.3, 0.4) is 0 Å². The molecule has 0 spiro atoms. The summed E-state index contributed by atoms with van der Waals surface area (Å²) in [5, 5.41) is 40.6. The molecule has 4 aliphatic heterocycles. The summed E-state index contributed by atoms with van der Waals surface area (Å²) in [6.45, 7) is 0.495. The van der Waals surface area contributed by atoms with E-state index in [1.807, 2.05) is 0 Å². The van der Waals surface area contributed by atoms with Crippen molar-refractivity contribution in [3.63, 3.8) is 0 Å². The summed E-state index contributed by atoms with van der Waals surface area (Å²) in [5.41, 5.74) is -4.01. The van der Waals surface area contributed by atoms with Crippen LogP contribution >= 0.6 is 0 Å². The average Bonchev–Trinajstić information content (AvgIpc) is 3.07. The molecule has 5 N–H and O–H groups in total. The maximum absolute atomic E-state index is 12.8. The molecule has 4 saturated heterocycles. The first kappa shape index (κ1) is 25.6. The zero-order valence-electron chi connectivity index (χ0n) is 19.7. The number of hydrogen-bond donors (Lipinski definition) is 5. The highest BCUT2D eigenvalue weighted by Gasteiger charge is 2.96. The van der Waals surface area contributed by atoms with E-state index in [4.69, 9.17) is 23.7 Å². The van der Waals surface area contributed by atoms with Gasteiger partial charge in [0.25, 0.3) is 10.1 Å². The van der Waals surface area contributed by atoms with Gasteiger partial charge in [0.15, 0.2) is 12.6 Å². The lowest BCUT2D eigenvalue weighted by Crippen LogP contribution is -2.81. The molecule has 0 unspecified atom stereocenters. The van der Waals surface area contributed by atoms with Crippen LogP contribution in [-0.2, 0) is 33.8 Å². The van der Waals surface area contributed by atoms with E-state index in [9.17, 15) is 38.2 Å². The molecule has 3 saturated carbocycles. The molecule has 1 aromatic carbocycles. The Hall–Kier alpha value is -1.72. The Balaban J connectivity index is 1.38. The third-order valence-corrected chi connectivity index (χ3v) is 10.4. The van der Waals surface area contributed by atoms with Crippen LogP contribution in [0.1, 0.15) is 30.1 Å². The van der Waals surface area contributed by atoms with E-state index >= 15 is 0 Å². The summed E-state index contributed by atoms with van der Waals surface area (Å²) < 4.78 is 64.8. The van der Waals surface area contributed by atoms with E-state index < -0.39 is 93.8 Å². The Morgan fingerprint density at radius 2 is 1.81 bits per heavy atom. The van der Waals surface area contributed by atoms with Gasteiger partial charge in [-0.1, -0.05) is 18.2 Å². The van der Waals surface area contributed by atoms with E-state index in [1.54, 1.807) is 37.3 Å². The highest BCUT2D eigenvalue weighted by Crippen LogP contribution is 2.83. The highest BCUT2D eigenvalue weighted by molar-refractivity contribution is 7.87. The lowest BCUT2D eigenvalue weighted by atomic mass is 9.41. The summed E-state index contributed by atoms with van der Waals surface area (Å²) in [6, 6.07) is 8.13. The molecule has 7 aliphatic rings. The van der Waals surface area contributed by atoms with Crippen LogP contribution in [0.15, 0.2) is 30.3 Å². The van der Waals surface area contributed by atoms with Gasteiger partial charge in [0.05, 0.1) is 17.6 Å². The van der Waals surface area contributed by atoms with Gasteiger partial charge in [-0.2, -0.15) is 8.42 Å². The summed E-state index contributed by atoms with van der Waals surface area (Å²) in [7, 11) is -4.76. The summed E-state index contributed by atoms with van der Waals surface area (Å²) >= 11 is 0. The van der Waals surface area contributed by atoms with Gasteiger partial charge in [0, 0.05) is 12.3 Å². The minimum Gasteiger partial charge on any atom is -0.461 e. The Morgan fingerprint density at radius 1 is 1.11 bits per heavy atom. The molecule has 0 amide bonds. The molecule has 11 atom stereocenters. The number of hydrogen-bond acceptors (Lipinski definition) is 12. The first-order valence-electron chi connectivity index (χ1n) is 11.9. The number of carbonyl (C=O) groups is 1. The molecule has 13 nitrogen and oxygen atoms in total. The average molecular weight is 545 g/mol. The zero-order valence-corrected chi connectivity index (χ0v) is 20.5. The second kappa shape index (κ2) is 7.91. The number of aliphatic hydroxyl groups is 4. The van der Waals surface area contributed by atoms with Crippen molar-refractivity contribution in [1.29, 1.82) is 0 Å². The minimum atomic E-state index is -4.76. The van der Waals surface area contributed by atoms with Crippen molar-refractivity contribution in [3.05, 3.63) is 35.9 Å². The van der Waals surface area contributed by atoms with Gasteiger partial charge in [-0.05, 0) is 25.5 Å². The van der Waals surface area contributed by atoms with Crippen molar-refractivity contribution in [2.24, 2.45) is 11.3 Å². The molecule has 204 valence electrons. The van der Waals surface area contributed by atoms with Crippen LogP contribution in [-0.4, -0.2) is 106 Å². The standard InChI is InChI=1S/C23H28O13S/c1-20-9-22(37(29,30)31)13-7-23(20,34-18-16(27)15(26)14(25)12(8-24)33-18)21(13,19(35-20)36-22)10-32-17(28)11-5-3-2-4-6-11/h2-6,12-16,18-19,24-27H,7-10H2,1H3,(H,29,30,31)/t12-,13-,14-,15+,16-,18+,19-,20+,21+,22+,23+/m1/s1. The molecular weight excluding hydrogens is 516 g/mol. The van der Waals surface area contributed by atoms with Gasteiger partial charge in [-0.15, -0.1) is 0 Å². The third-order valence-electron chi connectivity index (χ3n) is 8.98. The maximum Gasteiger partial charge on any atom is 0.338 e. The van der Waals surface area contributed by atoms with E-state index in [2.05, 4.69) is 0 Å². The van der Waals surface area contributed by atoms with Crippen LogP contribution in [0.4, 0.5) is 0 Å². The van der Waals surface area contributed by atoms with Crippen molar-refractivity contribution in [1.82, 2.24) is 0 Å². The first-order chi connectivity index (χ1) is 17.4. The predicted octanol–water partition coefficient (Wildman–Crippen LogP) is -1.46. The minimum absolute atomic E-state index is 0.0301. The maximum atomic E-state index is 12.8. The molecule has 4 heterocycles. The van der Waals surface area contributed by atoms with Gasteiger partial charge in [0.2, 0.25) is 4.93 Å². The van der Waals surface area contributed by atoms with E-state index in [0.717, 1.165) is 0 Å². The van der Waals surface area contributed by atoms with E-state index in [0.29, 0.717) is 0 Å². The van der Waals surface area contributed by atoms with Crippen molar-refractivity contribution in [3.8, 4) is 0 Å². The summed E-state index contributed by atoms with van der Waals surface area (Å²) in [4.78, 5) is 10.8. The van der Waals surface area contributed by atoms with Crippen LogP contribution in [0.25, 0.3) is 0 Å². The van der Waals surface area contributed by atoms with E-state index in [1.165, 1.54) is 0 Å². The van der Waals surface area contributed by atoms with Crippen LogP contribution < -0.4 is 0 Å². The van der Waals surface area contributed by atoms with Gasteiger partial charge in [-0.25, -0.2) is 4.79 Å². The first-order valence-corrected chi connectivity index (χ1v) is 13.3. The molecule has 6 bridgehead atoms. The smallest absolute Gasteiger partial charge is 0.338 e. The topological polar surface area (TPSA) is 199 Å². The fourth-order valence-electron chi connectivity index (χ4n) is 7.17. The van der Waals surface area contributed by atoms with Crippen LogP contribution in [0, 0.1) is 11.3 Å².